The highest BCUT2D eigenvalue weighted by Crippen LogP contribution is 2.32. The molecule has 1 N–H and O–H groups in total. The van der Waals surface area contributed by atoms with Crippen molar-refractivity contribution in [1.29, 1.82) is 0 Å². The van der Waals surface area contributed by atoms with Gasteiger partial charge in [-0.1, -0.05) is 0 Å². The van der Waals surface area contributed by atoms with Crippen molar-refractivity contribution < 1.29 is 19.1 Å². The van der Waals surface area contributed by atoms with Crippen molar-refractivity contribution in [1.82, 2.24) is 15.3 Å². The second kappa shape index (κ2) is 6.25. The minimum Gasteiger partial charge on any atom is -0.476 e. The summed E-state index contributed by atoms with van der Waals surface area (Å²) < 4.78 is 15.6. The third-order valence-electron chi connectivity index (χ3n) is 2.54. The van der Waals surface area contributed by atoms with E-state index in [1.807, 2.05) is 0 Å². The van der Waals surface area contributed by atoms with Gasteiger partial charge in [-0.3, -0.25) is 10.1 Å². The Morgan fingerprint density at radius 1 is 1.58 bits per heavy atom. The summed E-state index contributed by atoms with van der Waals surface area (Å²) in [4.78, 5) is 17.8. The van der Waals surface area contributed by atoms with Crippen LogP contribution in [0.25, 0.3) is 0 Å². The fourth-order valence-electron chi connectivity index (χ4n) is 1.66. The zero-order chi connectivity index (χ0) is 13.7. The topological polar surface area (TPSA) is 109 Å². The number of hydrogen-bond acceptors (Lipinski definition) is 8. The molecule has 1 atom stereocenters. The molecule has 0 bridgehead atoms. The summed E-state index contributed by atoms with van der Waals surface area (Å²) in [6.45, 7) is 2.19. The first-order valence-electron chi connectivity index (χ1n) is 5.71. The van der Waals surface area contributed by atoms with Crippen LogP contribution in [0.15, 0.2) is 6.33 Å². The monoisotopic (exact) mass is 270 g/mol. The number of morpholine rings is 1. The zero-order valence-corrected chi connectivity index (χ0v) is 10.4. The van der Waals surface area contributed by atoms with Crippen LogP contribution in [0.1, 0.15) is 0 Å². The van der Waals surface area contributed by atoms with Crippen LogP contribution in [0, 0.1) is 10.1 Å². The fraction of sp³-hybridized carbons (Fsp3) is 0.600. The first-order valence-corrected chi connectivity index (χ1v) is 5.71. The van der Waals surface area contributed by atoms with Gasteiger partial charge in [-0.05, 0) is 0 Å². The van der Waals surface area contributed by atoms with E-state index in [9.17, 15) is 10.1 Å². The Bertz CT molecular complexity index is 450. The van der Waals surface area contributed by atoms with E-state index in [0.29, 0.717) is 13.2 Å². The second-order valence-electron chi connectivity index (χ2n) is 3.80. The Morgan fingerprint density at radius 3 is 3.00 bits per heavy atom. The molecule has 0 saturated carbocycles. The molecule has 1 aromatic heterocycles. The van der Waals surface area contributed by atoms with Crippen LogP contribution in [-0.2, 0) is 4.74 Å². The molecule has 1 aromatic rings. The molecular weight excluding hydrogens is 256 g/mol. The lowest BCUT2D eigenvalue weighted by Crippen LogP contribution is -2.41. The van der Waals surface area contributed by atoms with Crippen molar-refractivity contribution in [2.75, 3.05) is 33.4 Å². The number of hydrogen-bond donors (Lipinski definition) is 1. The summed E-state index contributed by atoms with van der Waals surface area (Å²) in [5.41, 5.74) is -0.381. The van der Waals surface area contributed by atoms with Gasteiger partial charge < -0.3 is 19.5 Å². The molecular formula is C10H14N4O5. The Morgan fingerprint density at radius 2 is 2.37 bits per heavy atom. The first-order chi connectivity index (χ1) is 9.22. The molecule has 1 saturated heterocycles. The molecule has 2 rings (SSSR count). The highest BCUT2D eigenvalue weighted by molar-refractivity contribution is 5.48. The maximum atomic E-state index is 11.0. The van der Waals surface area contributed by atoms with Gasteiger partial charge in [-0.15, -0.1) is 0 Å². The second-order valence-corrected chi connectivity index (χ2v) is 3.80. The molecule has 0 aromatic carbocycles. The van der Waals surface area contributed by atoms with Crippen LogP contribution in [0.2, 0.25) is 0 Å². The van der Waals surface area contributed by atoms with Crippen LogP contribution < -0.4 is 14.8 Å². The number of nitro groups is 1. The van der Waals surface area contributed by atoms with Crippen LogP contribution in [0.4, 0.5) is 5.69 Å². The summed E-state index contributed by atoms with van der Waals surface area (Å²) >= 11 is 0. The van der Waals surface area contributed by atoms with Gasteiger partial charge in [-0.2, -0.15) is 9.97 Å². The Hall–Kier alpha value is -2.00. The van der Waals surface area contributed by atoms with Crippen molar-refractivity contribution >= 4 is 5.69 Å². The standard InChI is InChI=1S/C10H14N4O5/c1-17-9-8(14(15)16)10(13-6-12-9)19-5-7-4-11-2-3-18-7/h6-7,11H,2-5H2,1H3. The van der Waals surface area contributed by atoms with Crippen LogP contribution >= 0.6 is 0 Å². The molecule has 1 aliphatic rings. The normalized spacial score (nSPS) is 18.9. The predicted octanol–water partition coefficient (Wildman–Crippen LogP) is -0.239. The van der Waals surface area contributed by atoms with Gasteiger partial charge in [0.05, 0.1) is 18.6 Å². The lowest BCUT2D eigenvalue weighted by molar-refractivity contribution is -0.387. The number of nitrogens with zero attached hydrogens (tertiary/aromatic N) is 3. The van der Waals surface area contributed by atoms with Crippen molar-refractivity contribution in [2.24, 2.45) is 0 Å². The van der Waals surface area contributed by atoms with Crippen LogP contribution in [0.5, 0.6) is 11.8 Å². The minimum atomic E-state index is -0.631. The number of methoxy groups -OCH3 is 1. The number of ether oxygens (including phenoxy) is 3. The molecule has 9 nitrogen and oxygen atoms in total. The van der Waals surface area contributed by atoms with E-state index in [0.717, 1.165) is 12.9 Å². The maximum absolute atomic E-state index is 11.0. The molecule has 1 fully saturated rings. The lowest BCUT2D eigenvalue weighted by Gasteiger charge is -2.23. The molecule has 0 aliphatic carbocycles. The average molecular weight is 270 g/mol. The predicted molar refractivity (Wildman–Crippen MR) is 63.3 cm³/mol. The molecule has 0 radical (unpaired) electrons. The average Bonchev–Trinajstić information content (AvgIpc) is 2.45. The summed E-state index contributed by atoms with van der Waals surface area (Å²) in [7, 11) is 1.30. The Labute approximate surface area is 109 Å². The smallest absolute Gasteiger partial charge is 0.392 e. The number of aromatic nitrogens is 2. The largest absolute Gasteiger partial charge is 0.476 e. The molecule has 104 valence electrons. The summed E-state index contributed by atoms with van der Waals surface area (Å²) in [6.07, 6.45) is 0.996. The van der Waals surface area contributed by atoms with E-state index in [4.69, 9.17) is 14.2 Å². The maximum Gasteiger partial charge on any atom is 0.392 e. The summed E-state index contributed by atoms with van der Waals surface area (Å²) in [5.74, 6) is -0.247. The van der Waals surface area contributed by atoms with Crippen molar-refractivity contribution in [3.8, 4) is 11.8 Å². The first kappa shape index (κ1) is 13.4. The van der Waals surface area contributed by atoms with Gasteiger partial charge in [0.15, 0.2) is 0 Å². The van der Waals surface area contributed by atoms with E-state index >= 15 is 0 Å². The van der Waals surface area contributed by atoms with Gasteiger partial charge in [0, 0.05) is 13.1 Å². The van der Waals surface area contributed by atoms with E-state index in [1.54, 1.807) is 0 Å². The molecule has 0 spiro atoms. The van der Waals surface area contributed by atoms with E-state index in [2.05, 4.69) is 15.3 Å². The lowest BCUT2D eigenvalue weighted by atomic mass is 10.3. The molecule has 9 heteroatoms. The zero-order valence-electron chi connectivity index (χ0n) is 10.4. The van der Waals surface area contributed by atoms with Gasteiger partial charge in [0.25, 0.3) is 0 Å². The SMILES string of the molecule is COc1ncnc(OCC2CNCCO2)c1[N+](=O)[O-]. The summed E-state index contributed by atoms with van der Waals surface area (Å²) in [5, 5.41) is 14.1. The van der Waals surface area contributed by atoms with Gasteiger partial charge in [0.1, 0.15) is 19.0 Å². The summed E-state index contributed by atoms with van der Waals surface area (Å²) in [6, 6.07) is 0. The van der Waals surface area contributed by atoms with E-state index in [1.165, 1.54) is 7.11 Å². The molecule has 0 amide bonds. The molecule has 19 heavy (non-hydrogen) atoms. The van der Waals surface area contributed by atoms with Crippen molar-refractivity contribution in [3.05, 3.63) is 16.4 Å². The molecule has 1 unspecified atom stereocenters. The van der Waals surface area contributed by atoms with Gasteiger partial charge >= 0.3 is 17.4 Å². The Balaban J connectivity index is 2.08. The van der Waals surface area contributed by atoms with E-state index in [-0.39, 0.29) is 30.2 Å². The van der Waals surface area contributed by atoms with Crippen molar-refractivity contribution in [2.45, 2.75) is 6.10 Å². The molecule has 1 aliphatic heterocycles. The molecule has 2 heterocycles. The van der Waals surface area contributed by atoms with E-state index < -0.39 is 4.92 Å². The minimum absolute atomic E-state index is 0.119. The fourth-order valence-corrected chi connectivity index (χ4v) is 1.66. The van der Waals surface area contributed by atoms with Gasteiger partial charge in [-0.25, -0.2) is 0 Å². The third kappa shape index (κ3) is 3.26. The quantitative estimate of drug-likeness (QED) is 0.576. The highest BCUT2D eigenvalue weighted by Gasteiger charge is 2.26. The highest BCUT2D eigenvalue weighted by atomic mass is 16.6. The number of rotatable bonds is 5. The number of nitrogens with one attached hydrogen (secondary N) is 1. The van der Waals surface area contributed by atoms with Crippen molar-refractivity contribution in [3.63, 3.8) is 0 Å². The Kier molecular flexibility index (Phi) is 4.42. The van der Waals surface area contributed by atoms with Crippen LogP contribution in [0.3, 0.4) is 0 Å². The third-order valence-corrected chi connectivity index (χ3v) is 2.54. The van der Waals surface area contributed by atoms with Gasteiger partial charge in [0.2, 0.25) is 0 Å². The van der Waals surface area contributed by atoms with Crippen LogP contribution in [-0.4, -0.2) is 54.4 Å².